The van der Waals surface area contributed by atoms with Crippen LogP contribution >= 0.6 is 0 Å². The fraction of sp³-hybridized carbons (Fsp3) is 0.333. The Morgan fingerprint density at radius 2 is 1.92 bits per heavy atom. The molecule has 3 nitrogen and oxygen atoms in total. The summed E-state index contributed by atoms with van der Waals surface area (Å²) < 4.78 is 0. The second kappa shape index (κ2) is 2.30. The third-order valence-corrected chi connectivity index (χ3v) is 2.50. The van der Waals surface area contributed by atoms with E-state index in [2.05, 4.69) is 11.0 Å². The molecule has 3 heteroatoms. The predicted molar refractivity (Wildman–Crippen MR) is 48.7 cm³/mol. The van der Waals surface area contributed by atoms with Crippen LogP contribution in [0.5, 0.6) is 0 Å². The quantitative estimate of drug-likeness (QED) is 0.533. The van der Waals surface area contributed by atoms with Crippen molar-refractivity contribution in [3.05, 3.63) is 35.8 Å². The van der Waals surface area contributed by atoms with Crippen molar-refractivity contribution in [3.8, 4) is 0 Å². The lowest BCUT2D eigenvalue weighted by Crippen LogP contribution is -2.38. The molecule has 64 valence electrons. The predicted octanol–water partition coefficient (Wildman–Crippen LogP) is 0.129. The minimum absolute atomic E-state index is 0.245. The molecule has 2 rings (SSSR count). The van der Waals surface area contributed by atoms with Crippen LogP contribution in [0.3, 0.4) is 0 Å². The van der Waals surface area contributed by atoms with Gasteiger partial charge in [0.2, 0.25) is 0 Å². The number of likely N-dealkylation sites (N-methyl/N-ethyl adjacent to an activating group) is 1. The molecule has 12 heavy (non-hydrogen) atoms. The van der Waals surface area contributed by atoms with Gasteiger partial charge in [-0.1, -0.05) is 6.08 Å². The van der Waals surface area contributed by atoms with Crippen molar-refractivity contribution in [2.45, 2.75) is 6.04 Å². The molecule has 0 radical (unpaired) electrons. The van der Waals surface area contributed by atoms with Crippen molar-refractivity contribution < 1.29 is 0 Å². The van der Waals surface area contributed by atoms with Crippen LogP contribution in [-0.2, 0) is 0 Å². The van der Waals surface area contributed by atoms with Crippen molar-refractivity contribution in [1.82, 2.24) is 4.90 Å². The zero-order chi connectivity index (χ0) is 8.72. The molecule has 0 amide bonds. The highest BCUT2D eigenvalue weighted by molar-refractivity contribution is 5.35. The zero-order valence-corrected chi connectivity index (χ0v) is 7.07. The summed E-state index contributed by atoms with van der Waals surface area (Å²) in [5, 5.41) is 0. The van der Waals surface area contributed by atoms with E-state index in [1.165, 1.54) is 0 Å². The Hall–Kier alpha value is -1.38. The molecular weight excluding hydrogens is 150 g/mol. The van der Waals surface area contributed by atoms with Crippen molar-refractivity contribution in [1.29, 1.82) is 0 Å². The summed E-state index contributed by atoms with van der Waals surface area (Å²) in [6.45, 7) is 0. The van der Waals surface area contributed by atoms with E-state index in [1.807, 2.05) is 25.4 Å². The number of nitrogens with two attached hydrogens (primary N) is 2. The van der Waals surface area contributed by atoms with Gasteiger partial charge in [0, 0.05) is 24.4 Å². The van der Waals surface area contributed by atoms with Crippen LogP contribution in [0.1, 0.15) is 0 Å². The Labute approximate surface area is 72.0 Å². The molecule has 2 aliphatic rings. The Morgan fingerprint density at radius 3 is 2.58 bits per heavy atom. The van der Waals surface area contributed by atoms with Gasteiger partial charge in [0.25, 0.3) is 0 Å². The van der Waals surface area contributed by atoms with Crippen LogP contribution in [0.15, 0.2) is 35.8 Å². The molecule has 0 aromatic rings. The standard InChI is InChI=1S/C9H13N3/c1-12-5-4-6-7(10)2-3-8(11)9(6)12/h2-6,9H,10-11H2,1H3. The smallest absolute Gasteiger partial charge is 0.0795 e. The molecule has 0 aromatic heterocycles. The van der Waals surface area contributed by atoms with Crippen molar-refractivity contribution in [2.75, 3.05) is 7.05 Å². The summed E-state index contributed by atoms with van der Waals surface area (Å²) in [5.74, 6) is 0.278. The number of nitrogens with zero attached hydrogens (tertiary/aromatic N) is 1. The maximum Gasteiger partial charge on any atom is 0.0795 e. The second-order valence-electron chi connectivity index (χ2n) is 3.31. The largest absolute Gasteiger partial charge is 0.401 e. The number of fused-ring (bicyclic) bond motifs is 1. The molecule has 0 spiro atoms. The van der Waals surface area contributed by atoms with E-state index in [1.54, 1.807) is 0 Å². The Morgan fingerprint density at radius 1 is 1.25 bits per heavy atom. The van der Waals surface area contributed by atoms with Gasteiger partial charge in [-0.3, -0.25) is 0 Å². The second-order valence-corrected chi connectivity index (χ2v) is 3.31. The first kappa shape index (κ1) is 7.28. The van der Waals surface area contributed by atoms with Crippen molar-refractivity contribution >= 4 is 0 Å². The summed E-state index contributed by atoms with van der Waals surface area (Å²) in [7, 11) is 2.01. The van der Waals surface area contributed by atoms with Crippen LogP contribution in [0.4, 0.5) is 0 Å². The average molecular weight is 163 g/mol. The highest BCUT2D eigenvalue weighted by atomic mass is 15.2. The van der Waals surface area contributed by atoms with Gasteiger partial charge in [0.05, 0.1) is 6.04 Å². The molecule has 4 N–H and O–H groups in total. The van der Waals surface area contributed by atoms with Crippen LogP contribution in [0.2, 0.25) is 0 Å². The lowest BCUT2D eigenvalue weighted by atomic mass is 9.91. The summed E-state index contributed by atoms with van der Waals surface area (Å²) in [5.41, 5.74) is 13.5. The maximum absolute atomic E-state index is 5.85. The molecule has 0 saturated heterocycles. The van der Waals surface area contributed by atoms with E-state index < -0.39 is 0 Å². The topological polar surface area (TPSA) is 55.3 Å². The number of rotatable bonds is 0. The molecule has 1 heterocycles. The Kier molecular flexibility index (Phi) is 1.40. The highest BCUT2D eigenvalue weighted by Gasteiger charge is 2.32. The molecule has 0 bridgehead atoms. The number of hydrogen-bond acceptors (Lipinski definition) is 3. The van der Waals surface area contributed by atoms with E-state index in [0.717, 1.165) is 11.4 Å². The molecule has 0 saturated carbocycles. The maximum atomic E-state index is 5.85. The van der Waals surface area contributed by atoms with E-state index in [-0.39, 0.29) is 12.0 Å². The fourth-order valence-corrected chi connectivity index (χ4v) is 1.82. The van der Waals surface area contributed by atoms with Gasteiger partial charge in [-0.15, -0.1) is 0 Å². The summed E-state index contributed by atoms with van der Waals surface area (Å²) in [6.07, 6.45) is 7.90. The molecular formula is C9H13N3. The van der Waals surface area contributed by atoms with Crippen LogP contribution in [0.25, 0.3) is 0 Å². The average Bonchev–Trinajstić information content (AvgIpc) is 2.42. The summed E-state index contributed by atoms with van der Waals surface area (Å²) >= 11 is 0. The molecule has 0 fully saturated rings. The van der Waals surface area contributed by atoms with Gasteiger partial charge in [-0.05, 0) is 18.4 Å². The van der Waals surface area contributed by atoms with Crippen molar-refractivity contribution in [3.63, 3.8) is 0 Å². The first-order valence-corrected chi connectivity index (χ1v) is 4.03. The van der Waals surface area contributed by atoms with Crippen LogP contribution < -0.4 is 11.5 Å². The van der Waals surface area contributed by atoms with Gasteiger partial charge in [-0.25, -0.2) is 0 Å². The van der Waals surface area contributed by atoms with E-state index in [4.69, 9.17) is 11.5 Å². The van der Waals surface area contributed by atoms with Gasteiger partial charge < -0.3 is 16.4 Å². The molecule has 0 aromatic carbocycles. The summed E-state index contributed by atoms with van der Waals surface area (Å²) in [6, 6.07) is 0.245. The van der Waals surface area contributed by atoms with Crippen LogP contribution in [-0.4, -0.2) is 18.0 Å². The van der Waals surface area contributed by atoms with Crippen molar-refractivity contribution in [2.24, 2.45) is 17.4 Å². The van der Waals surface area contributed by atoms with Gasteiger partial charge >= 0.3 is 0 Å². The first-order chi connectivity index (χ1) is 5.70. The zero-order valence-electron chi connectivity index (χ0n) is 7.07. The number of allylic oxidation sites excluding steroid dienone is 2. The SMILES string of the molecule is CN1C=CC2C(N)=CC=C(N)C21. The monoisotopic (exact) mass is 163 g/mol. The van der Waals surface area contributed by atoms with E-state index in [9.17, 15) is 0 Å². The van der Waals surface area contributed by atoms with E-state index >= 15 is 0 Å². The Bertz CT molecular complexity index is 288. The third-order valence-electron chi connectivity index (χ3n) is 2.50. The first-order valence-electron chi connectivity index (χ1n) is 4.03. The van der Waals surface area contributed by atoms with Gasteiger partial charge in [-0.2, -0.15) is 0 Å². The normalized spacial score (nSPS) is 32.9. The summed E-state index contributed by atoms with van der Waals surface area (Å²) in [4.78, 5) is 2.09. The van der Waals surface area contributed by atoms with E-state index in [0.29, 0.717) is 0 Å². The van der Waals surface area contributed by atoms with Crippen LogP contribution in [0, 0.1) is 5.92 Å². The molecule has 2 unspecified atom stereocenters. The molecule has 1 aliphatic carbocycles. The number of hydrogen-bond donors (Lipinski definition) is 2. The highest BCUT2D eigenvalue weighted by Crippen LogP contribution is 2.30. The minimum Gasteiger partial charge on any atom is -0.401 e. The fourth-order valence-electron chi connectivity index (χ4n) is 1.82. The minimum atomic E-state index is 0.245. The lowest BCUT2D eigenvalue weighted by molar-refractivity contribution is 0.353. The lowest BCUT2D eigenvalue weighted by Gasteiger charge is -2.29. The van der Waals surface area contributed by atoms with Gasteiger partial charge in [0.15, 0.2) is 0 Å². The Balaban J connectivity index is 2.37. The molecule has 2 atom stereocenters. The third kappa shape index (κ3) is 0.826. The molecule has 1 aliphatic heterocycles. The van der Waals surface area contributed by atoms with Gasteiger partial charge in [0.1, 0.15) is 0 Å².